The van der Waals surface area contributed by atoms with Gasteiger partial charge in [-0.25, -0.2) is 8.42 Å². The lowest BCUT2D eigenvalue weighted by molar-refractivity contribution is 0.164. The molecule has 0 saturated heterocycles. The van der Waals surface area contributed by atoms with Gasteiger partial charge in [0.25, 0.3) is 0 Å². The first-order valence-corrected chi connectivity index (χ1v) is 12.9. The van der Waals surface area contributed by atoms with Gasteiger partial charge in [0, 0.05) is 40.9 Å². The molecule has 1 heterocycles. The van der Waals surface area contributed by atoms with Crippen molar-refractivity contribution in [2.75, 3.05) is 24.1 Å². The lowest BCUT2D eigenvalue weighted by Crippen LogP contribution is -2.34. The molecule has 32 heavy (non-hydrogen) atoms. The van der Waals surface area contributed by atoms with Crippen LogP contribution in [0.5, 0.6) is 5.75 Å². The van der Waals surface area contributed by atoms with Crippen LogP contribution in [0.25, 0.3) is 10.9 Å². The Balaban J connectivity index is 1.29. The smallest absolute Gasteiger partial charge is 0.229 e. The minimum absolute atomic E-state index is 0.0227. The summed E-state index contributed by atoms with van der Waals surface area (Å²) < 4.78 is 31.2. The standard InChI is InChI=1S/C24H31N3O4S/c1-16(25-14-24(28)17-6-5-7-18(12-17)27-32(2,29)30)15-31-19-10-11-21-20-8-3-4-9-22(20)26-23(21)13-19/h5-7,10-13,16,24-28H,3-4,8-9,14-15H2,1-2H3. The molecule has 0 spiro atoms. The average Bonchev–Trinajstić information content (AvgIpc) is 3.13. The number of benzene rings is 2. The molecule has 0 amide bonds. The maximum absolute atomic E-state index is 11.4. The van der Waals surface area contributed by atoms with Crippen molar-refractivity contribution in [2.45, 2.75) is 44.8 Å². The van der Waals surface area contributed by atoms with Gasteiger partial charge in [0.05, 0.1) is 12.4 Å². The van der Waals surface area contributed by atoms with Crippen molar-refractivity contribution in [3.8, 4) is 5.75 Å². The van der Waals surface area contributed by atoms with Crippen molar-refractivity contribution in [3.63, 3.8) is 0 Å². The fourth-order valence-electron chi connectivity index (χ4n) is 4.22. The molecule has 2 unspecified atom stereocenters. The largest absolute Gasteiger partial charge is 0.492 e. The normalized spacial score (nSPS) is 15.8. The van der Waals surface area contributed by atoms with Crippen molar-refractivity contribution in [2.24, 2.45) is 0 Å². The highest BCUT2D eigenvalue weighted by Gasteiger charge is 2.16. The monoisotopic (exact) mass is 457 g/mol. The summed E-state index contributed by atoms with van der Waals surface area (Å²) in [5.74, 6) is 0.824. The molecule has 0 saturated carbocycles. The van der Waals surface area contributed by atoms with E-state index in [1.54, 1.807) is 24.3 Å². The van der Waals surface area contributed by atoms with Gasteiger partial charge in [0.1, 0.15) is 12.4 Å². The van der Waals surface area contributed by atoms with Gasteiger partial charge >= 0.3 is 0 Å². The van der Waals surface area contributed by atoms with Gasteiger partial charge in [-0.05, 0) is 68.0 Å². The van der Waals surface area contributed by atoms with Gasteiger partial charge in [0.15, 0.2) is 0 Å². The molecule has 2 aromatic carbocycles. The van der Waals surface area contributed by atoms with Gasteiger partial charge in [-0.15, -0.1) is 0 Å². The number of hydrogen-bond donors (Lipinski definition) is 4. The van der Waals surface area contributed by atoms with Crippen LogP contribution in [0.2, 0.25) is 0 Å². The van der Waals surface area contributed by atoms with E-state index in [9.17, 15) is 13.5 Å². The quantitative estimate of drug-likeness (QED) is 0.394. The Labute approximate surface area is 189 Å². The van der Waals surface area contributed by atoms with E-state index in [0.717, 1.165) is 30.4 Å². The molecule has 3 aromatic rings. The summed E-state index contributed by atoms with van der Waals surface area (Å²) in [5.41, 5.74) is 5.02. The Morgan fingerprint density at radius 3 is 2.78 bits per heavy atom. The third-order valence-electron chi connectivity index (χ3n) is 5.80. The summed E-state index contributed by atoms with van der Waals surface area (Å²) in [7, 11) is -3.36. The molecule has 4 N–H and O–H groups in total. The fourth-order valence-corrected chi connectivity index (χ4v) is 4.77. The highest BCUT2D eigenvalue weighted by molar-refractivity contribution is 7.92. The van der Waals surface area contributed by atoms with Crippen molar-refractivity contribution in [3.05, 3.63) is 59.3 Å². The van der Waals surface area contributed by atoms with Crippen LogP contribution in [0.15, 0.2) is 42.5 Å². The highest BCUT2D eigenvalue weighted by atomic mass is 32.2. The van der Waals surface area contributed by atoms with E-state index < -0.39 is 16.1 Å². The minimum atomic E-state index is -3.36. The Bertz CT molecular complexity index is 1190. The fraction of sp³-hybridized carbons (Fsp3) is 0.417. The van der Waals surface area contributed by atoms with Crippen LogP contribution in [0.1, 0.15) is 42.7 Å². The molecule has 0 aliphatic heterocycles. The number of ether oxygens (including phenoxy) is 1. The molecule has 7 nitrogen and oxygen atoms in total. The summed E-state index contributed by atoms with van der Waals surface area (Å²) in [6.07, 6.45) is 5.10. The molecule has 1 aliphatic rings. The number of sulfonamides is 1. The second-order valence-electron chi connectivity index (χ2n) is 8.63. The number of aliphatic hydroxyl groups is 1. The van der Waals surface area contributed by atoms with Gasteiger partial charge in [-0.2, -0.15) is 0 Å². The predicted octanol–water partition coefficient (Wildman–Crippen LogP) is 3.51. The van der Waals surface area contributed by atoms with Crippen LogP contribution in [0.3, 0.4) is 0 Å². The number of aromatic amines is 1. The van der Waals surface area contributed by atoms with Crippen molar-refractivity contribution < 1.29 is 18.3 Å². The zero-order valence-electron chi connectivity index (χ0n) is 18.5. The van der Waals surface area contributed by atoms with Crippen LogP contribution >= 0.6 is 0 Å². The number of aryl methyl sites for hydroxylation is 2. The highest BCUT2D eigenvalue weighted by Crippen LogP contribution is 2.31. The van der Waals surface area contributed by atoms with Crippen LogP contribution in [-0.4, -0.2) is 44.0 Å². The first-order valence-electron chi connectivity index (χ1n) is 11.0. The molecule has 0 radical (unpaired) electrons. The van der Waals surface area contributed by atoms with Gasteiger partial charge in [-0.1, -0.05) is 12.1 Å². The summed E-state index contributed by atoms with van der Waals surface area (Å²) >= 11 is 0. The maximum Gasteiger partial charge on any atom is 0.229 e. The number of anilines is 1. The molecule has 4 rings (SSSR count). The van der Waals surface area contributed by atoms with Crippen molar-refractivity contribution in [1.29, 1.82) is 0 Å². The zero-order valence-corrected chi connectivity index (χ0v) is 19.3. The van der Waals surface area contributed by atoms with Crippen LogP contribution in [0, 0.1) is 0 Å². The lowest BCUT2D eigenvalue weighted by Gasteiger charge is -2.18. The van der Waals surface area contributed by atoms with E-state index in [0.29, 0.717) is 24.4 Å². The maximum atomic E-state index is 11.4. The van der Waals surface area contributed by atoms with Gasteiger partial charge in [-0.3, -0.25) is 4.72 Å². The SMILES string of the molecule is CC(COc1ccc2c3c([nH]c2c1)CCCC3)NCC(O)c1cccc(NS(C)(=O)=O)c1. The number of rotatable bonds is 9. The Morgan fingerprint density at radius 1 is 1.16 bits per heavy atom. The molecule has 0 fully saturated rings. The molecule has 0 bridgehead atoms. The Kier molecular flexibility index (Phi) is 6.74. The van der Waals surface area contributed by atoms with E-state index in [2.05, 4.69) is 27.2 Å². The minimum Gasteiger partial charge on any atom is -0.492 e. The van der Waals surface area contributed by atoms with Crippen LogP contribution < -0.4 is 14.8 Å². The second kappa shape index (κ2) is 9.52. The van der Waals surface area contributed by atoms with Crippen LogP contribution in [0.4, 0.5) is 5.69 Å². The van der Waals surface area contributed by atoms with E-state index in [1.807, 2.05) is 13.0 Å². The van der Waals surface area contributed by atoms with E-state index >= 15 is 0 Å². The first-order chi connectivity index (χ1) is 15.3. The summed E-state index contributed by atoms with van der Waals surface area (Å²) in [6.45, 7) is 2.80. The average molecular weight is 458 g/mol. The van der Waals surface area contributed by atoms with E-state index in [4.69, 9.17) is 4.74 Å². The van der Waals surface area contributed by atoms with Gasteiger partial charge < -0.3 is 20.1 Å². The number of aromatic nitrogens is 1. The summed E-state index contributed by atoms with van der Waals surface area (Å²) in [4.78, 5) is 3.55. The molecular weight excluding hydrogens is 426 g/mol. The molecule has 2 atom stereocenters. The van der Waals surface area contributed by atoms with Gasteiger partial charge in [0.2, 0.25) is 10.0 Å². The molecule has 1 aromatic heterocycles. The molecule has 1 aliphatic carbocycles. The predicted molar refractivity (Wildman–Crippen MR) is 128 cm³/mol. The summed E-state index contributed by atoms with van der Waals surface area (Å²) in [5, 5.41) is 15.1. The number of fused-ring (bicyclic) bond motifs is 3. The van der Waals surface area contributed by atoms with E-state index in [-0.39, 0.29) is 6.04 Å². The molecule has 8 heteroatoms. The Morgan fingerprint density at radius 2 is 1.97 bits per heavy atom. The van der Waals surface area contributed by atoms with Crippen molar-refractivity contribution in [1.82, 2.24) is 10.3 Å². The zero-order chi connectivity index (χ0) is 22.7. The topological polar surface area (TPSA) is 103 Å². The first kappa shape index (κ1) is 22.6. The number of nitrogens with one attached hydrogen (secondary N) is 3. The molecule has 172 valence electrons. The number of H-pyrrole nitrogens is 1. The van der Waals surface area contributed by atoms with E-state index in [1.165, 1.54) is 29.5 Å². The number of hydrogen-bond acceptors (Lipinski definition) is 5. The molecular formula is C24H31N3O4S. The summed E-state index contributed by atoms with van der Waals surface area (Å²) in [6, 6.07) is 13.0. The third-order valence-corrected chi connectivity index (χ3v) is 6.41. The van der Waals surface area contributed by atoms with Crippen LogP contribution in [-0.2, 0) is 22.9 Å². The third kappa shape index (κ3) is 5.62. The number of aliphatic hydroxyl groups excluding tert-OH is 1. The van der Waals surface area contributed by atoms with Crippen molar-refractivity contribution >= 4 is 26.6 Å². The Hall–Kier alpha value is -2.55. The lowest BCUT2D eigenvalue weighted by atomic mass is 9.96. The second-order valence-corrected chi connectivity index (χ2v) is 10.4.